The van der Waals surface area contributed by atoms with Crippen LogP contribution in [0.5, 0.6) is 5.75 Å². The molecule has 0 aliphatic carbocycles. The van der Waals surface area contributed by atoms with Gasteiger partial charge in [-0.25, -0.2) is 5.43 Å². The maximum atomic E-state index is 5.67. The van der Waals surface area contributed by atoms with Crippen LogP contribution in [0.1, 0.15) is 17.2 Å². The van der Waals surface area contributed by atoms with Crippen LogP contribution in [0, 0.1) is 3.57 Å². The molecule has 1 unspecified atom stereocenters. The van der Waals surface area contributed by atoms with Crippen LogP contribution in [0.3, 0.4) is 0 Å². The van der Waals surface area contributed by atoms with Gasteiger partial charge in [0.1, 0.15) is 5.75 Å². The summed E-state index contributed by atoms with van der Waals surface area (Å²) in [5.74, 6) is 6.51. The number of hydrazine groups is 1. The lowest BCUT2D eigenvalue weighted by Gasteiger charge is -2.17. The molecule has 0 spiro atoms. The maximum absolute atomic E-state index is 5.67. The van der Waals surface area contributed by atoms with Gasteiger partial charge >= 0.3 is 0 Å². The Morgan fingerprint density at radius 2 is 1.83 bits per heavy atom. The summed E-state index contributed by atoms with van der Waals surface area (Å²) >= 11 is 2.29. The molecule has 2 aromatic carbocycles. The van der Waals surface area contributed by atoms with Crippen LogP contribution in [-0.4, -0.2) is 7.11 Å². The summed E-state index contributed by atoms with van der Waals surface area (Å²) in [4.78, 5) is 0. The third-order valence-corrected chi connectivity index (χ3v) is 3.52. The van der Waals surface area contributed by atoms with Crippen LogP contribution in [-0.2, 0) is 0 Å². The van der Waals surface area contributed by atoms with Crippen molar-refractivity contribution in [1.29, 1.82) is 0 Å². The quantitative estimate of drug-likeness (QED) is 0.504. The minimum Gasteiger partial charge on any atom is -0.497 e. The standard InChI is InChI=1S/C14H15IN2O/c1-18-13-4-2-3-11(9-13)14(17-16)10-5-7-12(15)8-6-10/h2-9,14,17H,16H2,1H3. The first kappa shape index (κ1) is 13.3. The lowest BCUT2D eigenvalue weighted by atomic mass is 9.99. The van der Waals surface area contributed by atoms with E-state index in [4.69, 9.17) is 10.6 Å². The average Bonchev–Trinajstić information content (AvgIpc) is 2.42. The van der Waals surface area contributed by atoms with Crippen LogP contribution in [0.4, 0.5) is 0 Å². The third-order valence-electron chi connectivity index (χ3n) is 2.80. The lowest BCUT2D eigenvalue weighted by molar-refractivity contribution is 0.413. The van der Waals surface area contributed by atoms with Crippen molar-refractivity contribution < 1.29 is 4.74 Å². The SMILES string of the molecule is COc1cccc(C(NN)c2ccc(I)cc2)c1. The molecule has 0 saturated heterocycles. The average molecular weight is 354 g/mol. The number of nitrogens with two attached hydrogens (primary N) is 1. The van der Waals surface area contributed by atoms with Gasteiger partial charge in [-0.1, -0.05) is 24.3 Å². The Kier molecular flexibility index (Phi) is 4.57. The summed E-state index contributed by atoms with van der Waals surface area (Å²) in [6.07, 6.45) is 0. The molecule has 3 N–H and O–H groups in total. The van der Waals surface area contributed by atoms with Gasteiger partial charge in [0.15, 0.2) is 0 Å². The van der Waals surface area contributed by atoms with E-state index < -0.39 is 0 Å². The molecule has 0 radical (unpaired) electrons. The molecule has 0 aromatic heterocycles. The summed E-state index contributed by atoms with van der Waals surface area (Å²) in [5, 5.41) is 0. The van der Waals surface area contributed by atoms with Crippen molar-refractivity contribution in [1.82, 2.24) is 5.43 Å². The Bertz CT molecular complexity index is 513. The van der Waals surface area contributed by atoms with Crippen molar-refractivity contribution in [3.05, 3.63) is 63.2 Å². The summed E-state index contributed by atoms with van der Waals surface area (Å²) < 4.78 is 6.44. The van der Waals surface area contributed by atoms with Crippen molar-refractivity contribution >= 4 is 22.6 Å². The molecule has 0 aliphatic rings. The molecule has 0 bridgehead atoms. The van der Waals surface area contributed by atoms with Gasteiger partial charge in [0.05, 0.1) is 13.2 Å². The molecule has 4 heteroatoms. The Balaban J connectivity index is 2.35. The van der Waals surface area contributed by atoms with Crippen molar-refractivity contribution in [2.45, 2.75) is 6.04 Å². The molecule has 0 saturated carbocycles. The molecular formula is C14H15IN2O. The number of hydrogen-bond donors (Lipinski definition) is 2. The van der Waals surface area contributed by atoms with Gasteiger partial charge in [0.25, 0.3) is 0 Å². The van der Waals surface area contributed by atoms with Crippen molar-refractivity contribution in [3.8, 4) is 5.75 Å². The molecule has 0 fully saturated rings. The Morgan fingerprint density at radius 1 is 1.11 bits per heavy atom. The Hall–Kier alpha value is -1.11. The van der Waals surface area contributed by atoms with Gasteiger partial charge in [-0.15, -0.1) is 0 Å². The molecule has 0 heterocycles. The van der Waals surface area contributed by atoms with E-state index in [-0.39, 0.29) is 6.04 Å². The number of methoxy groups -OCH3 is 1. The Morgan fingerprint density at radius 3 is 2.44 bits per heavy atom. The highest BCUT2D eigenvalue weighted by Crippen LogP contribution is 2.25. The zero-order valence-electron chi connectivity index (χ0n) is 10.1. The number of hydrogen-bond acceptors (Lipinski definition) is 3. The van der Waals surface area contributed by atoms with Gasteiger partial charge < -0.3 is 4.74 Å². The topological polar surface area (TPSA) is 47.3 Å². The predicted octanol–water partition coefficient (Wildman–Crippen LogP) is 2.85. The van der Waals surface area contributed by atoms with Gasteiger partial charge in [-0.3, -0.25) is 5.84 Å². The minimum atomic E-state index is -0.0305. The number of halogens is 1. The molecule has 1 atom stereocenters. The van der Waals surface area contributed by atoms with E-state index in [1.54, 1.807) is 7.11 Å². The second-order valence-electron chi connectivity index (χ2n) is 3.93. The van der Waals surface area contributed by atoms with E-state index in [0.29, 0.717) is 0 Å². The molecule has 0 amide bonds. The van der Waals surface area contributed by atoms with Crippen molar-refractivity contribution in [2.75, 3.05) is 7.11 Å². The molecule has 94 valence electrons. The molecule has 0 aliphatic heterocycles. The van der Waals surface area contributed by atoms with Crippen molar-refractivity contribution in [3.63, 3.8) is 0 Å². The normalized spacial score (nSPS) is 12.2. The maximum Gasteiger partial charge on any atom is 0.119 e. The van der Waals surface area contributed by atoms with Crippen LogP contribution in [0.2, 0.25) is 0 Å². The molecule has 2 rings (SSSR count). The predicted molar refractivity (Wildman–Crippen MR) is 81.3 cm³/mol. The van der Waals surface area contributed by atoms with Crippen LogP contribution < -0.4 is 16.0 Å². The summed E-state index contributed by atoms with van der Waals surface area (Å²) in [7, 11) is 1.66. The highest BCUT2D eigenvalue weighted by atomic mass is 127. The fourth-order valence-electron chi connectivity index (χ4n) is 1.86. The van der Waals surface area contributed by atoms with Crippen LogP contribution in [0.25, 0.3) is 0 Å². The first-order chi connectivity index (χ1) is 8.74. The number of rotatable bonds is 4. The Labute approximate surface area is 120 Å². The van der Waals surface area contributed by atoms with Gasteiger partial charge in [-0.2, -0.15) is 0 Å². The van der Waals surface area contributed by atoms with Gasteiger partial charge in [0.2, 0.25) is 0 Å². The summed E-state index contributed by atoms with van der Waals surface area (Å²) in [5.41, 5.74) is 5.06. The number of benzene rings is 2. The van der Waals surface area contributed by atoms with E-state index >= 15 is 0 Å². The molecular weight excluding hydrogens is 339 g/mol. The van der Waals surface area contributed by atoms with E-state index in [0.717, 1.165) is 16.9 Å². The van der Waals surface area contributed by atoms with E-state index in [1.165, 1.54) is 3.57 Å². The van der Waals surface area contributed by atoms with E-state index in [2.05, 4.69) is 52.3 Å². The smallest absolute Gasteiger partial charge is 0.119 e. The van der Waals surface area contributed by atoms with E-state index in [1.807, 2.05) is 24.3 Å². The largest absolute Gasteiger partial charge is 0.497 e. The fourth-order valence-corrected chi connectivity index (χ4v) is 2.22. The molecule has 18 heavy (non-hydrogen) atoms. The number of ether oxygens (including phenoxy) is 1. The molecule has 3 nitrogen and oxygen atoms in total. The van der Waals surface area contributed by atoms with Crippen LogP contribution in [0.15, 0.2) is 48.5 Å². The second-order valence-corrected chi connectivity index (χ2v) is 5.17. The monoisotopic (exact) mass is 354 g/mol. The summed E-state index contributed by atoms with van der Waals surface area (Å²) in [6.45, 7) is 0. The zero-order chi connectivity index (χ0) is 13.0. The number of nitrogens with one attached hydrogen (secondary N) is 1. The zero-order valence-corrected chi connectivity index (χ0v) is 12.2. The molecule has 2 aromatic rings. The van der Waals surface area contributed by atoms with Crippen molar-refractivity contribution in [2.24, 2.45) is 5.84 Å². The highest BCUT2D eigenvalue weighted by Gasteiger charge is 2.12. The highest BCUT2D eigenvalue weighted by molar-refractivity contribution is 14.1. The first-order valence-electron chi connectivity index (χ1n) is 5.60. The minimum absolute atomic E-state index is 0.0305. The fraction of sp³-hybridized carbons (Fsp3) is 0.143. The van der Waals surface area contributed by atoms with Gasteiger partial charge in [-0.05, 0) is 58.0 Å². The lowest BCUT2D eigenvalue weighted by Crippen LogP contribution is -2.28. The summed E-state index contributed by atoms with van der Waals surface area (Å²) in [6, 6.07) is 16.2. The van der Waals surface area contributed by atoms with E-state index in [9.17, 15) is 0 Å². The van der Waals surface area contributed by atoms with Crippen LogP contribution >= 0.6 is 22.6 Å². The first-order valence-corrected chi connectivity index (χ1v) is 6.68. The second kappa shape index (κ2) is 6.17. The van der Waals surface area contributed by atoms with Gasteiger partial charge in [0, 0.05) is 3.57 Å². The third kappa shape index (κ3) is 3.01.